The van der Waals surface area contributed by atoms with Crippen LogP contribution in [0, 0.1) is 0 Å². The summed E-state index contributed by atoms with van der Waals surface area (Å²) in [5, 5.41) is 14.1. The summed E-state index contributed by atoms with van der Waals surface area (Å²) >= 11 is 0. The van der Waals surface area contributed by atoms with Gasteiger partial charge >= 0.3 is 6.03 Å². The first-order chi connectivity index (χ1) is 10.1. The van der Waals surface area contributed by atoms with Crippen molar-refractivity contribution in [3.8, 4) is 11.5 Å². The standard InChI is InChI=1S/C15H15N3O3/c1-21-11-7-8-12(13(19)9-11)14(17-18-15(16)20)10-5-3-2-4-6-10/h2-9,19H,1H3,(H3,16,18,20). The van der Waals surface area contributed by atoms with Gasteiger partial charge in [0.1, 0.15) is 17.2 Å². The summed E-state index contributed by atoms with van der Waals surface area (Å²) in [5.41, 5.74) is 8.80. The lowest BCUT2D eigenvalue weighted by atomic mass is 10.0. The molecule has 0 unspecified atom stereocenters. The summed E-state index contributed by atoms with van der Waals surface area (Å²) in [6, 6.07) is 13.2. The summed E-state index contributed by atoms with van der Waals surface area (Å²) in [6.07, 6.45) is 0. The van der Waals surface area contributed by atoms with Crippen LogP contribution in [0.15, 0.2) is 53.6 Å². The minimum atomic E-state index is -0.781. The molecule has 2 aromatic carbocycles. The Morgan fingerprint density at radius 2 is 1.95 bits per heavy atom. The van der Waals surface area contributed by atoms with Gasteiger partial charge in [0.05, 0.1) is 7.11 Å². The lowest BCUT2D eigenvalue weighted by Crippen LogP contribution is -2.26. The van der Waals surface area contributed by atoms with Crippen molar-refractivity contribution in [2.45, 2.75) is 0 Å². The highest BCUT2D eigenvalue weighted by Crippen LogP contribution is 2.26. The smallest absolute Gasteiger partial charge is 0.332 e. The number of carbonyl (C=O) groups is 1. The van der Waals surface area contributed by atoms with Crippen molar-refractivity contribution in [3.63, 3.8) is 0 Å². The molecule has 0 bridgehead atoms. The Hall–Kier alpha value is -3.02. The van der Waals surface area contributed by atoms with Gasteiger partial charge in [-0.15, -0.1) is 0 Å². The van der Waals surface area contributed by atoms with E-state index in [2.05, 4.69) is 10.5 Å². The first-order valence-electron chi connectivity index (χ1n) is 6.17. The molecule has 0 atom stereocenters. The first kappa shape index (κ1) is 14.4. The van der Waals surface area contributed by atoms with E-state index in [0.29, 0.717) is 17.0 Å². The number of nitrogens with two attached hydrogens (primary N) is 1. The van der Waals surface area contributed by atoms with Gasteiger partial charge in [0.25, 0.3) is 0 Å². The number of nitrogens with zero attached hydrogens (tertiary/aromatic N) is 1. The number of hydrazone groups is 1. The minimum absolute atomic E-state index is 0.0109. The highest BCUT2D eigenvalue weighted by atomic mass is 16.5. The lowest BCUT2D eigenvalue weighted by molar-refractivity contribution is 0.249. The SMILES string of the molecule is COc1ccc(C(=NNC(N)=O)c2ccccc2)c(O)c1. The zero-order chi connectivity index (χ0) is 15.2. The third kappa shape index (κ3) is 3.50. The normalized spacial score (nSPS) is 11.0. The number of phenolic OH excluding ortho intramolecular Hbond substituents is 1. The first-order valence-corrected chi connectivity index (χ1v) is 6.17. The molecule has 0 saturated carbocycles. The third-order valence-corrected chi connectivity index (χ3v) is 2.79. The molecule has 0 aliphatic rings. The zero-order valence-electron chi connectivity index (χ0n) is 11.4. The molecule has 108 valence electrons. The van der Waals surface area contributed by atoms with E-state index >= 15 is 0 Å². The van der Waals surface area contributed by atoms with Gasteiger partial charge in [-0.3, -0.25) is 0 Å². The summed E-state index contributed by atoms with van der Waals surface area (Å²) in [4.78, 5) is 10.9. The molecule has 0 radical (unpaired) electrons. The number of aromatic hydroxyl groups is 1. The number of amides is 2. The summed E-state index contributed by atoms with van der Waals surface area (Å²) in [7, 11) is 1.51. The topological polar surface area (TPSA) is 96.9 Å². The molecule has 6 nitrogen and oxygen atoms in total. The number of primary amides is 1. The summed E-state index contributed by atoms with van der Waals surface area (Å²) in [6.45, 7) is 0. The monoisotopic (exact) mass is 285 g/mol. The predicted octanol–water partition coefficient (Wildman–Crippen LogP) is 1.82. The van der Waals surface area contributed by atoms with E-state index in [1.54, 1.807) is 12.1 Å². The third-order valence-electron chi connectivity index (χ3n) is 2.79. The number of rotatable bonds is 4. The molecule has 0 spiro atoms. The summed E-state index contributed by atoms with van der Waals surface area (Å²) < 4.78 is 5.04. The van der Waals surface area contributed by atoms with E-state index in [0.717, 1.165) is 5.56 Å². The van der Waals surface area contributed by atoms with Crippen LogP contribution in [0.2, 0.25) is 0 Å². The second-order valence-corrected chi connectivity index (χ2v) is 4.19. The van der Waals surface area contributed by atoms with E-state index in [4.69, 9.17) is 10.5 Å². The highest BCUT2D eigenvalue weighted by Gasteiger charge is 2.13. The largest absolute Gasteiger partial charge is 0.507 e. The van der Waals surface area contributed by atoms with Crippen LogP contribution in [0.25, 0.3) is 0 Å². The Labute approximate surface area is 121 Å². The van der Waals surface area contributed by atoms with Gasteiger partial charge in [-0.2, -0.15) is 5.10 Å². The molecule has 0 fully saturated rings. The van der Waals surface area contributed by atoms with Crippen LogP contribution in [0.3, 0.4) is 0 Å². The maximum absolute atomic E-state index is 10.9. The van der Waals surface area contributed by atoms with Crippen molar-refractivity contribution < 1.29 is 14.6 Å². The second kappa shape index (κ2) is 6.42. The molecule has 0 aliphatic carbocycles. The molecule has 21 heavy (non-hydrogen) atoms. The van der Waals surface area contributed by atoms with Gasteiger partial charge in [-0.1, -0.05) is 30.3 Å². The highest BCUT2D eigenvalue weighted by molar-refractivity contribution is 6.14. The van der Waals surface area contributed by atoms with Crippen LogP contribution < -0.4 is 15.9 Å². The van der Waals surface area contributed by atoms with Crippen molar-refractivity contribution in [2.24, 2.45) is 10.8 Å². The number of nitrogens with one attached hydrogen (secondary N) is 1. The zero-order valence-corrected chi connectivity index (χ0v) is 11.4. The number of hydrogen-bond donors (Lipinski definition) is 3. The number of phenols is 1. The Bertz CT molecular complexity index is 669. The van der Waals surface area contributed by atoms with Gasteiger partial charge in [0.2, 0.25) is 0 Å². The fourth-order valence-electron chi connectivity index (χ4n) is 1.83. The molecule has 6 heteroatoms. The molecular formula is C15H15N3O3. The van der Waals surface area contributed by atoms with Crippen LogP contribution in [-0.2, 0) is 0 Å². The van der Waals surface area contributed by atoms with Crippen LogP contribution >= 0.6 is 0 Å². The van der Waals surface area contributed by atoms with Crippen LogP contribution in [-0.4, -0.2) is 24.0 Å². The van der Waals surface area contributed by atoms with E-state index in [1.807, 2.05) is 30.3 Å². The summed E-state index contributed by atoms with van der Waals surface area (Å²) in [5.74, 6) is 0.509. The van der Waals surface area contributed by atoms with Gasteiger partial charge in [0, 0.05) is 17.2 Å². The number of carbonyl (C=O) groups excluding carboxylic acids is 1. The Morgan fingerprint density at radius 1 is 1.24 bits per heavy atom. The number of urea groups is 1. The maximum atomic E-state index is 10.9. The van der Waals surface area contributed by atoms with E-state index in [1.165, 1.54) is 13.2 Å². The molecule has 4 N–H and O–H groups in total. The van der Waals surface area contributed by atoms with Crippen LogP contribution in [0.5, 0.6) is 11.5 Å². The van der Waals surface area contributed by atoms with E-state index in [-0.39, 0.29) is 5.75 Å². The van der Waals surface area contributed by atoms with Gasteiger partial charge in [-0.05, 0) is 12.1 Å². The van der Waals surface area contributed by atoms with Crippen molar-refractivity contribution in [1.29, 1.82) is 0 Å². The van der Waals surface area contributed by atoms with Crippen LogP contribution in [0.1, 0.15) is 11.1 Å². The fraction of sp³-hybridized carbons (Fsp3) is 0.0667. The molecule has 0 aromatic heterocycles. The Balaban J connectivity index is 2.50. The predicted molar refractivity (Wildman–Crippen MR) is 79.5 cm³/mol. The Kier molecular flexibility index (Phi) is 4.40. The van der Waals surface area contributed by atoms with Crippen molar-refractivity contribution in [1.82, 2.24) is 5.43 Å². The number of methoxy groups -OCH3 is 1. The van der Waals surface area contributed by atoms with Gasteiger partial charge in [0.15, 0.2) is 0 Å². The molecule has 2 amide bonds. The van der Waals surface area contributed by atoms with Crippen molar-refractivity contribution >= 4 is 11.7 Å². The van der Waals surface area contributed by atoms with Crippen molar-refractivity contribution in [2.75, 3.05) is 7.11 Å². The van der Waals surface area contributed by atoms with Crippen molar-refractivity contribution in [3.05, 3.63) is 59.7 Å². The lowest BCUT2D eigenvalue weighted by Gasteiger charge is -2.10. The van der Waals surface area contributed by atoms with Gasteiger partial charge < -0.3 is 15.6 Å². The van der Waals surface area contributed by atoms with E-state index in [9.17, 15) is 9.90 Å². The quantitative estimate of drug-likeness (QED) is 0.590. The molecule has 0 heterocycles. The average Bonchev–Trinajstić information content (AvgIpc) is 2.49. The number of hydrogen-bond acceptors (Lipinski definition) is 4. The van der Waals surface area contributed by atoms with E-state index < -0.39 is 6.03 Å². The average molecular weight is 285 g/mol. The number of benzene rings is 2. The molecule has 0 saturated heterocycles. The van der Waals surface area contributed by atoms with Gasteiger partial charge in [-0.25, -0.2) is 10.2 Å². The molecule has 0 aliphatic heterocycles. The number of ether oxygens (including phenoxy) is 1. The van der Waals surface area contributed by atoms with Crippen LogP contribution in [0.4, 0.5) is 4.79 Å². The fourth-order valence-corrected chi connectivity index (χ4v) is 1.83. The maximum Gasteiger partial charge on any atom is 0.332 e. The second-order valence-electron chi connectivity index (χ2n) is 4.19. The minimum Gasteiger partial charge on any atom is -0.507 e. The molecule has 2 rings (SSSR count). The Morgan fingerprint density at radius 3 is 2.52 bits per heavy atom. The molecule has 2 aromatic rings. The molecular weight excluding hydrogens is 270 g/mol.